The average molecular weight is 186 g/mol. The van der Waals surface area contributed by atoms with Gasteiger partial charge in [0, 0.05) is 6.92 Å². The Hall–Kier alpha value is -0.530. The Kier molecular flexibility index (Phi) is 4.45. The highest BCUT2D eigenvalue weighted by molar-refractivity contribution is 5.66. The maximum atomic E-state index is 10.9. The molecule has 0 aliphatic carbocycles. The van der Waals surface area contributed by atoms with Gasteiger partial charge in [0.25, 0.3) is 0 Å². The number of esters is 1. The molecule has 0 aromatic heterocycles. The molecule has 0 heterocycles. The molecule has 0 aliphatic heterocycles. The van der Waals surface area contributed by atoms with Crippen molar-refractivity contribution in [1.29, 1.82) is 0 Å². The van der Waals surface area contributed by atoms with E-state index in [1.54, 1.807) is 0 Å². The minimum atomic E-state index is -0.180. The fourth-order valence-corrected chi connectivity index (χ4v) is 1.21. The number of hydrogen-bond donors (Lipinski definition) is 0. The van der Waals surface area contributed by atoms with Crippen LogP contribution in [0, 0.1) is 11.3 Å². The van der Waals surface area contributed by atoms with Gasteiger partial charge in [-0.3, -0.25) is 4.79 Å². The summed E-state index contributed by atoms with van der Waals surface area (Å²) in [6, 6.07) is 0. The van der Waals surface area contributed by atoms with Gasteiger partial charge in [-0.05, 0) is 17.8 Å². The first-order valence-corrected chi connectivity index (χ1v) is 4.90. The number of rotatable bonds is 3. The molecule has 78 valence electrons. The van der Waals surface area contributed by atoms with Crippen LogP contribution in [0.3, 0.4) is 0 Å². The maximum Gasteiger partial charge on any atom is 0.302 e. The summed E-state index contributed by atoms with van der Waals surface area (Å²) in [7, 11) is 0. The van der Waals surface area contributed by atoms with Crippen molar-refractivity contribution in [2.45, 2.75) is 54.1 Å². The van der Waals surface area contributed by atoms with Crippen LogP contribution in [-0.4, -0.2) is 12.1 Å². The molecule has 0 aliphatic rings. The van der Waals surface area contributed by atoms with Crippen LogP contribution in [0.1, 0.15) is 48.0 Å². The average Bonchev–Trinajstić information content (AvgIpc) is 1.81. The fraction of sp³-hybridized carbons (Fsp3) is 0.909. The topological polar surface area (TPSA) is 26.3 Å². The Labute approximate surface area is 81.7 Å². The summed E-state index contributed by atoms with van der Waals surface area (Å²) in [5.41, 5.74) is 0.0376. The SMILES string of the molecule is CC(=O)O[C@@H](CC(C)C)C(C)(C)C. The van der Waals surface area contributed by atoms with Gasteiger partial charge < -0.3 is 4.74 Å². The zero-order valence-corrected chi connectivity index (χ0v) is 9.68. The molecule has 0 fully saturated rings. The van der Waals surface area contributed by atoms with Crippen molar-refractivity contribution in [2.24, 2.45) is 11.3 Å². The molecule has 1 atom stereocenters. The molecular formula is C11H22O2. The lowest BCUT2D eigenvalue weighted by Crippen LogP contribution is -2.32. The second kappa shape index (κ2) is 4.64. The van der Waals surface area contributed by atoms with Gasteiger partial charge in [-0.1, -0.05) is 34.6 Å². The lowest BCUT2D eigenvalue weighted by molar-refractivity contribution is -0.153. The minimum absolute atomic E-state index is 0.0324. The minimum Gasteiger partial charge on any atom is -0.462 e. The summed E-state index contributed by atoms with van der Waals surface area (Å²) < 4.78 is 5.29. The monoisotopic (exact) mass is 186 g/mol. The predicted molar refractivity (Wildman–Crippen MR) is 54.5 cm³/mol. The van der Waals surface area contributed by atoms with Gasteiger partial charge in [0.05, 0.1) is 0 Å². The van der Waals surface area contributed by atoms with Gasteiger partial charge in [-0.15, -0.1) is 0 Å². The summed E-state index contributed by atoms with van der Waals surface area (Å²) >= 11 is 0. The molecule has 2 nitrogen and oxygen atoms in total. The molecule has 0 spiro atoms. The highest BCUT2D eigenvalue weighted by Gasteiger charge is 2.27. The van der Waals surface area contributed by atoms with Crippen molar-refractivity contribution in [2.75, 3.05) is 0 Å². The Morgan fingerprint density at radius 1 is 1.31 bits per heavy atom. The van der Waals surface area contributed by atoms with E-state index in [0.717, 1.165) is 6.42 Å². The summed E-state index contributed by atoms with van der Waals surface area (Å²) in [6.45, 7) is 12.1. The van der Waals surface area contributed by atoms with Gasteiger partial charge in [0.2, 0.25) is 0 Å². The van der Waals surface area contributed by atoms with Gasteiger partial charge in [-0.2, -0.15) is 0 Å². The lowest BCUT2D eigenvalue weighted by Gasteiger charge is -2.31. The first kappa shape index (κ1) is 12.5. The standard InChI is InChI=1S/C11H22O2/c1-8(2)7-10(11(4,5)6)13-9(3)12/h8,10H,7H2,1-6H3/t10-/m0/s1. The van der Waals surface area contributed by atoms with Crippen molar-refractivity contribution >= 4 is 5.97 Å². The number of carbonyl (C=O) groups is 1. The van der Waals surface area contributed by atoms with E-state index >= 15 is 0 Å². The summed E-state index contributed by atoms with van der Waals surface area (Å²) in [5, 5.41) is 0. The molecule has 0 bridgehead atoms. The van der Waals surface area contributed by atoms with E-state index < -0.39 is 0 Å². The molecule has 0 saturated carbocycles. The van der Waals surface area contributed by atoms with Crippen molar-refractivity contribution in [3.05, 3.63) is 0 Å². The van der Waals surface area contributed by atoms with Crippen LogP contribution >= 0.6 is 0 Å². The third kappa shape index (κ3) is 5.67. The molecular weight excluding hydrogens is 164 g/mol. The highest BCUT2D eigenvalue weighted by Crippen LogP contribution is 2.27. The third-order valence-corrected chi connectivity index (χ3v) is 1.96. The second-order valence-corrected chi connectivity index (χ2v) is 5.09. The first-order valence-electron chi connectivity index (χ1n) is 4.90. The summed E-state index contributed by atoms with van der Waals surface area (Å²) in [5.74, 6) is 0.379. The van der Waals surface area contributed by atoms with Crippen molar-refractivity contribution < 1.29 is 9.53 Å². The molecule has 0 aromatic rings. The predicted octanol–water partition coefficient (Wildman–Crippen LogP) is 3.01. The quantitative estimate of drug-likeness (QED) is 0.633. The first-order chi connectivity index (χ1) is 5.73. The molecule has 2 heteroatoms. The van der Waals surface area contributed by atoms with E-state index in [-0.39, 0.29) is 17.5 Å². The molecule has 0 N–H and O–H groups in total. The molecule has 0 unspecified atom stereocenters. The van der Waals surface area contributed by atoms with Crippen LogP contribution in [0.2, 0.25) is 0 Å². The largest absolute Gasteiger partial charge is 0.462 e. The summed E-state index contributed by atoms with van der Waals surface area (Å²) in [6.07, 6.45) is 0.966. The molecule has 0 radical (unpaired) electrons. The second-order valence-electron chi connectivity index (χ2n) is 5.09. The maximum absolute atomic E-state index is 10.9. The number of hydrogen-bond acceptors (Lipinski definition) is 2. The van der Waals surface area contributed by atoms with E-state index in [1.165, 1.54) is 6.92 Å². The van der Waals surface area contributed by atoms with Crippen molar-refractivity contribution in [3.63, 3.8) is 0 Å². The Bertz CT molecular complexity index is 165. The smallest absolute Gasteiger partial charge is 0.302 e. The van der Waals surface area contributed by atoms with E-state index in [2.05, 4.69) is 34.6 Å². The van der Waals surface area contributed by atoms with Crippen LogP contribution < -0.4 is 0 Å². The Morgan fingerprint density at radius 2 is 1.77 bits per heavy atom. The molecule has 0 amide bonds. The number of ether oxygens (including phenoxy) is 1. The Balaban J connectivity index is 4.28. The van der Waals surface area contributed by atoms with E-state index in [4.69, 9.17) is 4.74 Å². The molecule has 0 rings (SSSR count). The fourth-order valence-electron chi connectivity index (χ4n) is 1.21. The van der Waals surface area contributed by atoms with Gasteiger partial charge >= 0.3 is 5.97 Å². The van der Waals surface area contributed by atoms with Crippen LogP contribution in [-0.2, 0) is 9.53 Å². The Morgan fingerprint density at radius 3 is 2.00 bits per heavy atom. The molecule has 13 heavy (non-hydrogen) atoms. The summed E-state index contributed by atoms with van der Waals surface area (Å²) in [4.78, 5) is 10.9. The third-order valence-electron chi connectivity index (χ3n) is 1.96. The van der Waals surface area contributed by atoms with Crippen molar-refractivity contribution in [3.8, 4) is 0 Å². The van der Waals surface area contributed by atoms with Gasteiger partial charge in [-0.25, -0.2) is 0 Å². The van der Waals surface area contributed by atoms with Crippen molar-refractivity contribution in [1.82, 2.24) is 0 Å². The van der Waals surface area contributed by atoms with E-state index in [9.17, 15) is 4.79 Å². The van der Waals surface area contributed by atoms with Crippen LogP contribution in [0.15, 0.2) is 0 Å². The molecule has 0 saturated heterocycles. The van der Waals surface area contributed by atoms with Crippen LogP contribution in [0.25, 0.3) is 0 Å². The zero-order chi connectivity index (χ0) is 10.6. The zero-order valence-electron chi connectivity index (χ0n) is 9.68. The normalized spacial score (nSPS) is 14.4. The lowest BCUT2D eigenvalue weighted by atomic mass is 9.84. The van der Waals surface area contributed by atoms with Crippen LogP contribution in [0.4, 0.5) is 0 Å². The van der Waals surface area contributed by atoms with Crippen LogP contribution in [0.5, 0.6) is 0 Å². The molecule has 0 aromatic carbocycles. The number of carbonyl (C=O) groups excluding carboxylic acids is 1. The van der Waals surface area contributed by atoms with Gasteiger partial charge in [0.1, 0.15) is 6.10 Å². The van der Waals surface area contributed by atoms with E-state index in [1.807, 2.05) is 0 Å². The van der Waals surface area contributed by atoms with E-state index in [0.29, 0.717) is 5.92 Å². The highest BCUT2D eigenvalue weighted by atomic mass is 16.5. The van der Waals surface area contributed by atoms with Gasteiger partial charge in [0.15, 0.2) is 0 Å².